The number of hydrogen-bond acceptors (Lipinski definition) is 6. The molecule has 1 heterocycles. The molecule has 33 heavy (non-hydrogen) atoms. The Kier molecular flexibility index (Phi) is 7.21. The average molecular weight is 452 g/mol. The summed E-state index contributed by atoms with van der Waals surface area (Å²) in [6.07, 6.45) is 0.353. The molecule has 174 valence electrons. The second-order valence-electron chi connectivity index (χ2n) is 8.82. The second-order valence-corrected chi connectivity index (χ2v) is 8.82. The van der Waals surface area contributed by atoms with E-state index in [1.54, 1.807) is 39.8 Å². The van der Waals surface area contributed by atoms with Gasteiger partial charge in [-0.3, -0.25) is 0 Å². The first-order valence-electron chi connectivity index (χ1n) is 10.9. The molecule has 0 bridgehead atoms. The molecule has 3 rings (SSSR count). The molecular weight excluding hydrogens is 422 g/mol. The Morgan fingerprint density at radius 2 is 1.79 bits per heavy atom. The van der Waals surface area contributed by atoms with Gasteiger partial charge in [0.25, 0.3) is 0 Å². The summed E-state index contributed by atoms with van der Waals surface area (Å²) in [6, 6.07) is 13.5. The quantitative estimate of drug-likeness (QED) is 0.308. The van der Waals surface area contributed by atoms with Crippen LogP contribution < -0.4 is 15.7 Å². The lowest BCUT2D eigenvalue weighted by atomic mass is 10.00. The van der Waals surface area contributed by atoms with E-state index in [1.807, 2.05) is 37.3 Å². The Morgan fingerprint density at radius 3 is 2.42 bits per heavy atom. The van der Waals surface area contributed by atoms with Crippen molar-refractivity contribution in [1.29, 1.82) is 0 Å². The highest BCUT2D eigenvalue weighted by Crippen LogP contribution is 2.33. The van der Waals surface area contributed by atoms with Crippen LogP contribution in [0.25, 0.3) is 22.1 Å². The number of esters is 1. The number of ether oxygens (including phenoxy) is 2. The monoisotopic (exact) mass is 451 g/mol. The standard InChI is InChI=1S/C26H29NO6/c1-6-10-20(27-25(30)33-26(3,4)5)24(29)31-21-14-13-18-19(17-11-8-7-9-12-17)15-22(28)32-23(18)16(21)2/h7-9,11-15,20H,6,10H2,1-5H3,(H,27,30)/t20-/m0/s1. The first-order chi connectivity index (χ1) is 15.6. The predicted molar refractivity (Wildman–Crippen MR) is 126 cm³/mol. The van der Waals surface area contributed by atoms with Gasteiger partial charge in [-0.2, -0.15) is 0 Å². The van der Waals surface area contributed by atoms with E-state index in [2.05, 4.69) is 5.32 Å². The largest absolute Gasteiger partial charge is 0.444 e. The summed E-state index contributed by atoms with van der Waals surface area (Å²) >= 11 is 0. The van der Waals surface area contributed by atoms with Crippen LogP contribution >= 0.6 is 0 Å². The third-order valence-corrected chi connectivity index (χ3v) is 4.96. The molecule has 1 aromatic heterocycles. The van der Waals surface area contributed by atoms with Gasteiger partial charge in [-0.15, -0.1) is 0 Å². The van der Waals surface area contributed by atoms with Crippen molar-refractivity contribution >= 4 is 23.0 Å². The number of amides is 1. The van der Waals surface area contributed by atoms with E-state index in [-0.39, 0.29) is 5.75 Å². The van der Waals surface area contributed by atoms with Crippen LogP contribution in [0.3, 0.4) is 0 Å². The lowest BCUT2D eigenvalue weighted by Gasteiger charge is -2.23. The maximum Gasteiger partial charge on any atom is 0.408 e. The maximum atomic E-state index is 12.9. The summed E-state index contributed by atoms with van der Waals surface area (Å²) in [5.74, 6) is -0.361. The van der Waals surface area contributed by atoms with E-state index in [0.717, 1.165) is 16.5 Å². The van der Waals surface area contributed by atoms with E-state index in [0.29, 0.717) is 24.0 Å². The van der Waals surface area contributed by atoms with Crippen LogP contribution in [0, 0.1) is 6.92 Å². The lowest BCUT2D eigenvalue weighted by molar-refractivity contribution is -0.137. The molecule has 1 N–H and O–H groups in total. The number of alkyl carbamates (subject to hydrolysis) is 1. The molecule has 2 aromatic carbocycles. The van der Waals surface area contributed by atoms with Crippen molar-refractivity contribution < 1.29 is 23.5 Å². The fourth-order valence-electron chi connectivity index (χ4n) is 3.48. The zero-order valence-corrected chi connectivity index (χ0v) is 19.6. The van der Waals surface area contributed by atoms with Crippen molar-refractivity contribution in [2.45, 2.75) is 59.1 Å². The predicted octanol–water partition coefficient (Wildman–Crippen LogP) is 5.37. The van der Waals surface area contributed by atoms with E-state index in [9.17, 15) is 14.4 Å². The summed E-state index contributed by atoms with van der Waals surface area (Å²) < 4.78 is 16.3. The molecule has 0 unspecified atom stereocenters. The van der Waals surface area contributed by atoms with Crippen LogP contribution in [0.1, 0.15) is 46.1 Å². The Balaban J connectivity index is 1.91. The molecule has 0 aliphatic rings. The van der Waals surface area contributed by atoms with Crippen LogP contribution in [0.2, 0.25) is 0 Å². The third kappa shape index (κ3) is 6.00. The summed E-state index contributed by atoms with van der Waals surface area (Å²) in [7, 11) is 0. The normalized spacial score (nSPS) is 12.3. The van der Waals surface area contributed by atoms with Crippen molar-refractivity contribution in [2.24, 2.45) is 0 Å². The van der Waals surface area contributed by atoms with Gasteiger partial charge < -0.3 is 19.2 Å². The molecule has 7 heteroatoms. The Morgan fingerprint density at radius 1 is 1.09 bits per heavy atom. The van der Waals surface area contributed by atoms with Crippen molar-refractivity contribution in [3.8, 4) is 16.9 Å². The number of carbonyl (C=O) groups excluding carboxylic acids is 2. The fourth-order valence-corrected chi connectivity index (χ4v) is 3.48. The van der Waals surface area contributed by atoms with Crippen LogP contribution in [0.15, 0.2) is 57.7 Å². The molecular formula is C26H29NO6. The number of benzene rings is 2. The van der Waals surface area contributed by atoms with Gasteiger partial charge in [-0.1, -0.05) is 43.7 Å². The van der Waals surface area contributed by atoms with Gasteiger partial charge in [0, 0.05) is 17.0 Å². The minimum Gasteiger partial charge on any atom is -0.444 e. The number of nitrogens with one attached hydrogen (secondary N) is 1. The zero-order valence-electron chi connectivity index (χ0n) is 19.6. The summed E-state index contributed by atoms with van der Waals surface area (Å²) in [5.41, 5.74) is 1.29. The minimum atomic E-state index is -0.873. The molecule has 0 saturated carbocycles. The molecule has 7 nitrogen and oxygen atoms in total. The molecule has 3 aromatic rings. The molecule has 0 saturated heterocycles. The highest BCUT2D eigenvalue weighted by Gasteiger charge is 2.26. The molecule has 1 amide bonds. The Labute approximate surface area is 192 Å². The first kappa shape index (κ1) is 24.0. The molecule has 0 fully saturated rings. The van der Waals surface area contributed by atoms with E-state index >= 15 is 0 Å². The lowest BCUT2D eigenvalue weighted by Crippen LogP contribution is -2.45. The van der Waals surface area contributed by atoms with Crippen molar-refractivity contribution in [3.63, 3.8) is 0 Å². The topological polar surface area (TPSA) is 94.8 Å². The van der Waals surface area contributed by atoms with Crippen LogP contribution in [0.4, 0.5) is 4.79 Å². The average Bonchev–Trinajstić information content (AvgIpc) is 2.74. The summed E-state index contributed by atoms with van der Waals surface area (Å²) in [5, 5.41) is 3.31. The van der Waals surface area contributed by atoms with Gasteiger partial charge in [0.15, 0.2) is 0 Å². The zero-order chi connectivity index (χ0) is 24.2. The van der Waals surface area contributed by atoms with Gasteiger partial charge in [0.1, 0.15) is 23.0 Å². The van der Waals surface area contributed by atoms with Crippen LogP contribution in [0.5, 0.6) is 5.75 Å². The van der Waals surface area contributed by atoms with Gasteiger partial charge in [0.2, 0.25) is 0 Å². The van der Waals surface area contributed by atoms with E-state index < -0.39 is 29.3 Å². The Hall–Kier alpha value is -3.61. The number of fused-ring (bicyclic) bond motifs is 1. The Bertz CT molecular complexity index is 1210. The fraction of sp³-hybridized carbons (Fsp3) is 0.346. The molecule has 0 spiro atoms. The highest BCUT2D eigenvalue weighted by molar-refractivity contribution is 5.96. The number of carbonyl (C=O) groups is 2. The van der Waals surface area contributed by atoms with E-state index in [4.69, 9.17) is 13.9 Å². The SMILES string of the molecule is CCC[C@H](NC(=O)OC(C)(C)C)C(=O)Oc1ccc2c(-c3ccccc3)cc(=O)oc2c1C. The van der Waals surface area contributed by atoms with Gasteiger partial charge in [0.05, 0.1) is 0 Å². The van der Waals surface area contributed by atoms with Crippen LogP contribution in [-0.4, -0.2) is 23.7 Å². The maximum absolute atomic E-state index is 12.9. The van der Waals surface area contributed by atoms with E-state index in [1.165, 1.54) is 6.07 Å². The van der Waals surface area contributed by atoms with Crippen molar-refractivity contribution in [3.05, 3.63) is 64.5 Å². The first-order valence-corrected chi connectivity index (χ1v) is 10.9. The van der Waals surface area contributed by atoms with Gasteiger partial charge >= 0.3 is 17.7 Å². The highest BCUT2D eigenvalue weighted by atomic mass is 16.6. The van der Waals surface area contributed by atoms with Crippen LogP contribution in [-0.2, 0) is 9.53 Å². The summed E-state index contributed by atoms with van der Waals surface area (Å²) in [6.45, 7) is 8.86. The van der Waals surface area contributed by atoms with Gasteiger partial charge in [-0.05, 0) is 57.4 Å². The number of aryl methyl sites for hydroxylation is 1. The smallest absolute Gasteiger partial charge is 0.408 e. The number of hydrogen-bond donors (Lipinski definition) is 1. The minimum absolute atomic E-state index is 0.257. The number of rotatable bonds is 6. The third-order valence-electron chi connectivity index (χ3n) is 4.96. The molecule has 0 aliphatic heterocycles. The second kappa shape index (κ2) is 9.90. The summed E-state index contributed by atoms with van der Waals surface area (Å²) in [4.78, 5) is 37.3. The van der Waals surface area contributed by atoms with Crippen molar-refractivity contribution in [2.75, 3.05) is 0 Å². The molecule has 0 aliphatic carbocycles. The van der Waals surface area contributed by atoms with Gasteiger partial charge in [-0.25, -0.2) is 14.4 Å². The van der Waals surface area contributed by atoms with Crippen molar-refractivity contribution in [1.82, 2.24) is 5.32 Å². The molecule has 1 atom stereocenters. The molecule has 0 radical (unpaired) electrons.